The first-order valence-electron chi connectivity index (χ1n) is 11.5. The Bertz CT molecular complexity index is 1330. The number of carbonyl (C=O) groups is 1. The van der Waals surface area contributed by atoms with Gasteiger partial charge in [0, 0.05) is 34.8 Å². The highest BCUT2D eigenvalue weighted by atomic mass is 16.5. The number of para-hydroxylation sites is 2. The summed E-state index contributed by atoms with van der Waals surface area (Å²) in [6, 6.07) is 16.7. The van der Waals surface area contributed by atoms with Crippen LogP contribution in [0.3, 0.4) is 0 Å². The molecule has 1 unspecified atom stereocenters. The second-order valence-electron chi connectivity index (χ2n) is 10.3. The molecule has 33 heavy (non-hydrogen) atoms. The first-order valence-corrected chi connectivity index (χ1v) is 11.5. The summed E-state index contributed by atoms with van der Waals surface area (Å²) in [5.41, 5.74) is 7.70. The maximum atomic E-state index is 13.5. The van der Waals surface area contributed by atoms with Crippen LogP contribution in [-0.2, 0) is 20.4 Å². The summed E-state index contributed by atoms with van der Waals surface area (Å²) in [7, 11) is 3.72. The number of aliphatic imine (C=N–C) groups is 1. The van der Waals surface area contributed by atoms with E-state index in [0.717, 1.165) is 22.7 Å². The minimum atomic E-state index is -0.230. The molecule has 1 atom stereocenters. The molecule has 4 heteroatoms. The van der Waals surface area contributed by atoms with Crippen molar-refractivity contribution in [2.24, 2.45) is 10.9 Å². The molecule has 2 aromatic rings. The Morgan fingerprint density at radius 2 is 1.61 bits per heavy atom. The van der Waals surface area contributed by atoms with Gasteiger partial charge < -0.3 is 4.74 Å². The van der Waals surface area contributed by atoms with E-state index in [1.807, 2.05) is 24.3 Å². The number of rotatable bonds is 4. The van der Waals surface area contributed by atoms with E-state index in [9.17, 15) is 4.79 Å². The topological polar surface area (TPSA) is 41.7 Å². The normalized spacial score (nSPS) is 22.2. The van der Waals surface area contributed by atoms with E-state index in [1.165, 1.54) is 16.8 Å². The molecule has 2 aliphatic heterocycles. The third kappa shape index (κ3) is 2.86. The number of Topliss-reactive ketones (excluding diaryl/α,β-unsaturated/α-hetero) is 1. The molecule has 0 fully saturated rings. The van der Waals surface area contributed by atoms with Crippen LogP contribution >= 0.6 is 0 Å². The molecule has 0 saturated carbocycles. The molecule has 2 heterocycles. The summed E-state index contributed by atoms with van der Waals surface area (Å²) >= 11 is 0. The van der Waals surface area contributed by atoms with Gasteiger partial charge in [-0.15, -0.1) is 0 Å². The van der Waals surface area contributed by atoms with Gasteiger partial charge in [-0.2, -0.15) is 4.58 Å². The lowest BCUT2D eigenvalue weighted by Gasteiger charge is -2.33. The number of carbonyl (C=O) groups excluding carboxylic acids is 1. The molecule has 0 saturated heterocycles. The summed E-state index contributed by atoms with van der Waals surface area (Å²) in [6.07, 6.45) is 2.02. The largest absolute Gasteiger partial charge is 0.496 e. The van der Waals surface area contributed by atoms with Crippen LogP contribution in [0, 0.1) is 5.92 Å². The average Bonchev–Trinajstić information content (AvgIpc) is 3.17. The average molecular weight is 440 g/mol. The van der Waals surface area contributed by atoms with Gasteiger partial charge in [-0.25, -0.2) is 0 Å². The Hall–Kier alpha value is -3.27. The zero-order chi connectivity index (χ0) is 23.7. The van der Waals surface area contributed by atoms with Gasteiger partial charge >= 0.3 is 0 Å². The van der Waals surface area contributed by atoms with E-state index in [-0.39, 0.29) is 22.5 Å². The fourth-order valence-electron chi connectivity index (χ4n) is 5.86. The Morgan fingerprint density at radius 3 is 2.24 bits per heavy atom. The first kappa shape index (κ1) is 21.6. The quantitative estimate of drug-likeness (QED) is 0.446. The monoisotopic (exact) mass is 439 g/mol. The maximum Gasteiger partial charge on any atom is 0.209 e. The lowest BCUT2D eigenvalue weighted by atomic mass is 9.70. The van der Waals surface area contributed by atoms with Crippen molar-refractivity contribution in [3.8, 4) is 0 Å². The molecule has 1 aliphatic carbocycles. The van der Waals surface area contributed by atoms with Gasteiger partial charge in [-0.3, -0.25) is 9.79 Å². The van der Waals surface area contributed by atoms with Crippen molar-refractivity contribution < 1.29 is 14.1 Å². The second-order valence-corrected chi connectivity index (χ2v) is 10.3. The van der Waals surface area contributed by atoms with Crippen molar-refractivity contribution in [3.05, 3.63) is 82.6 Å². The van der Waals surface area contributed by atoms with Crippen LogP contribution < -0.4 is 0 Å². The minimum Gasteiger partial charge on any atom is -0.496 e. The van der Waals surface area contributed by atoms with Gasteiger partial charge in [0.05, 0.1) is 29.4 Å². The molecule has 0 radical (unpaired) electrons. The molecule has 0 spiro atoms. The van der Waals surface area contributed by atoms with E-state index >= 15 is 0 Å². The van der Waals surface area contributed by atoms with Crippen LogP contribution in [0.25, 0.3) is 0 Å². The molecule has 2 aromatic carbocycles. The number of hydrogen-bond donors (Lipinski definition) is 0. The smallest absolute Gasteiger partial charge is 0.209 e. The summed E-state index contributed by atoms with van der Waals surface area (Å²) in [6.45, 7) is 10.9. The third-order valence-corrected chi connectivity index (χ3v) is 7.71. The number of allylic oxidation sites excluding steroid dienone is 3. The SMILES string of the molecule is COC1=C(C(C)C2=Nc3ccccc3C2(C)C)C(=O)C1=CC1=[N+](C)c2ccccc2C1(C)C. The van der Waals surface area contributed by atoms with Crippen molar-refractivity contribution in [2.45, 2.75) is 45.4 Å². The van der Waals surface area contributed by atoms with Crippen LogP contribution in [0.2, 0.25) is 0 Å². The molecule has 0 N–H and O–H groups in total. The minimum absolute atomic E-state index is 0.0569. The maximum absolute atomic E-state index is 13.5. The van der Waals surface area contributed by atoms with E-state index in [1.54, 1.807) is 7.11 Å². The van der Waals surface area contributed by atoms with Crippen molar-refractivity contribution in [1.29, 1.82) is 0 Å². The molecular formula is C29H31N2O2+. The van der Waals surface area contributed by atoms with Crippen molar-refractivity contribution in [3.63, 3.8) is 0 Å². The van der Waals surface area contributed by atoms with Gasteiger partial charge in [0.2, 0.25) is 5.69 Å². The van der Waals surface area contributed by atoms with Crippen LogP contribution in [0.5, 0.6) is 0 Å². The number of nitrogens with zero attached hydrogens (tertiary/aromatic N) is 2. The second kappa shape index (κ2) is 7.11. The Morgan fingerprint density at radius 1 is 0.970 bits per heavy atom. The van der Waals surface area contributed by atoms with Gasteiger partial charge in [0.15, 0.2) is 11.5 Å². The molecule has 5 rings (SSSR count). The Balaban J connectivity index is 1.55. The van der Waals surface area contributed by atoms with Gasteiger partial charge in [0.1, 0.15) is 12.8 Å². The van der Waals surface area contributed by atoms with Crippen LogP contribution in [0.1, 0.15) is 45.7 Å². The van der Waals surface area contributed by atoms with E-state index in [0.29, 0.717) is 11.3 Å². The van der Waals surface area contributed by atoms with Crippen molar-refractivity contribution in [2.75, 3.05) is 14.2 Å². The number of benzene rings is 2. The van der Waals surface area contributed by atoms with Crippen LogP contribution in [0.4, 0.5) is 11.4 Å². The van der Waals surface area contributed by atoms with E-state index in [2.05, 4.69) is 76.6 Å². The zero-order valence-electron chi connectivity index (χ0n) is 20.5. The fourth-order valence-corrected chi connectivity index (χ4v) is 5.86. The molecule has 4 nitrogen and oxygen atoms in total. The number of ether oxygens (including phenoxy) is 1. The molecule has 0 amide bonds. The summed E-state index contributed by atoms with van der Waals surface area (Å²) in [5.74, 6) is 0.625. The zero-order valence-corrected chi connectivity index (χ0v) is 20.5. The molecule has 168 valence electrons. The lowest BCUT2D eigenvalue weighted by molar-refractivity contribution is -0.401. The predicted molar refractivity (Wildman–Crippen MR) is 133 cm³/mol. The predicted octanol–water partition coefficient (Wildman–Crippen LogP) is 5.80. The van der Waals surface area contributed by atoms with Crippen molar-refractivity contribution >= 4 is 28.6 Å². The van der Waals surface area contributed by atoms with E-state index < -0.39 is 0 Å². The first-order chi connectivity index (χ1) is 15.6. The molecule has 0 aromatic heterocycles. The molecule has 0 bridgehead atoms. The van der Waals surface area contributed by atoms with E-state index in [4.69, 9.17) is 9.73 Å². The highest BCUT2D eigenvalue weighted by molar-refractivity contribution is 6.25. The number of fused-ring (bicyclic) bond motifs is 2. The lowest BCUT2D eigenvalue weighted by Crippen LogP contribution is -2.38. The third-order valence-electron chi connectivity index (χ3n) is 7.71. The number of methoxy groups -OCH3 is 1. The highest BCUT2D eigenvalue weighted by Gasteiger charge is 2.48. The molecule has 3 aliphatic rings. The summed E-state index contributed by atoms with van der Waals surface area (Å²) < 4.78 is 7.99. The van der Waals surface area contributed by atoms with Crippen molar-refractivity contribution in [1.82, 2.24) is 0 Å². The van der Waals surface area contributed by atoms with Gasteiger partial charge in [-0.1, -0.05) is 57.2 Å². The summed E-state index contributed by atoms with van der Waals surface area (Å²) in [4.78, 5) is 18.4. The fraction of sp³-hybridized carbons (Fsp3) is 0.345. The Kier molecular flexibility index (Phi) is 4.65. The van der Waals surface area contributed by atoms with Crippen LogP contribution in [-0.4, -0.2) is 35.9 Å². The van der Waals surface area contributed by atoms with Gasteiger partial charge in [-0.05, 0) is 25.5 Å². The Labute approximate surface area is 196 Å². The van der Waals surface area contributed by atoms with Gasteiger partial charge in [0.25, 0.3) is 0 Å². The summed E-state index contributed by atoms with van der Waals surface area (Å²) in [5, 5.41) is 0. The van der Waals surface area contributed by atoms with Crippen LogP contribution in [0.15, 0.2) is 76.5 Å². The standard InChI is InChI=1S/C29H31N2O2/c1-17(27-29(4,5)19-12-8-10-14-21(19)30-27)24-25(32)18(26(24)33-7)16-23-28(2,3)20-13-9-11-15-22(20)31(23)6/h8-17H,1-7H3/q+1. The highest BCUT2D eigenvalue weighted by Crippen LogP contribution is 2.47. The molecular weight excluding hydrogens is 408 g/mol. The number of ketones is 1. The number of hydrogen-bond acceptors (Lipinski definition) is 3.